The first kappa shape index (κ1) is 22.8. The van der Waals surface area contributed by atoms with E-state index in [-0.39, 0.29) is 13.2 Å². The predicted molar refractivity (Wildman–Crippen MR) is 117 cm³/mol. The number of fused-ring (bicyclic) bond motifs is 1. The highest BCUT2D eigenvalue weighted by molar-refractivity contribution is 6.34. The van der Waals surface area contributed by atoms with Crippen molar-refractivity contribution in [3.8, 4) is 0 Å². The number of benzene rings is 1. The van der Waals surface area contributed by atoms with Crippen molar-refractivity contribution in [1.82, 2.24) is 4.90 Å². The van der Waals surface area contributed by atoms with Crippen molar-refractivity contribution < 1.29 is 29.3 Å². The number of rotatable bonds is 8. The molecule has 0 aromatic heterocycles. The fourth-order valence-electron chi connectivity index (χ4n) is 5.71. The Kier molecular flexibility index (Phi) is 6.04. The third kappa shape index (κ3) is 3.16. The minimum Gasteiger partial charge on any atom is -0.481 e. The van der Waals surface area contributed by atoms with Crippen LogP contribution in [0.3, 0.4) is 0 Å². The van der Waals surface area contributed by atoms with Gasteiger partial charge in [0.2, 0.25) is 5.91 Å². The molecule has 4 rings (SSSR count). The van der Waals surface area contributed by atoms with E-state index in [2.05, 4.69) is 6.58 Å². The number of hydrogen-bond donors (Lipinski definition) is 2. The molecule has 2 bridgehead atoms. The first-order valence-corrected chi connectivity index (χ1v) is 11.2. The lowest BCUT2D eigenvalue weighted by Gasteiger charge is -2.39. The van der Waals surface area contributed by atoms with Crippen LogP contribution in [-0.2, 0) is 19.1 Å². The van der Waals surface area contributed by atoms with Gasteiger partial charge in [-0.25, -0.2) is 0 Å². The Balaban J connectivity index is 1.84. The van der Waals surface area contributed by atoms with Crippen LogP contribution in [0.4, 0.5) is 5.69 Å². The lowest BCUT2D eigenvalue weighted by molar-refractivity contribution is -0.151. The third-order valence-electron chi connectivity index (χ3n) is 7.05. The summed E-state index contributed by atoms with van der Waals surface area (Å²) >= 11 is 6.38. The van der Waals surface area contributed by atoms with E-state index >= 15 is 0 Å². The van der Waals surface area contributed by atoms with Crippen LogP contribution in [0.15, 0.2) is 36.9 Å². The maximum Gasteiger partial charge on any atom is 0.310 e. The monoisotopic (exact) mass is 462 g/mol. The quantitative estimate of drug-likeness (QED) is 0.573. The maximum absolute atomic E-state index is 14.1. The fourth-order valence-corrected chi connectivity index (χ4v) is 5.95. The van der Waals surface area contributed by atoms with E-state index in [0.717, 1.165) is 0 Å². The van der Waals surface area contributed by atoms with Gasteiger partial charge in [0.05, 0.1) is 41.3 Å². The number of carboxylic acids is 1. The summed E-state index contributed by atoms with van der Waals surface area (Å²) in [6, 6.07) is 5.17. The molecule has 3 aliphatic rings. The van der Waals surface area contributed by atoms with E-state index in [9.17, 15) is 24.6 Å². The molecule has 9 heteroatoms. The fraction of sp³-hybridized carbons (Fsp3) is 0.522. The SMILES string of the molecule is C=CCN(C(=O)[C@H]1N([C@@H](CC)CO)C(=O)[C@@H]2[C@@H](C(=O)O)[C@H]3CC[C@]21O3)c1ccccc1Cl. The van der Waals surface area contributed by atoms with Crippen LogP contribution in [0.1, 0.15) is 26.2 Å². The number of carbonyl (C=O) groups is 3. The Morgan fingerprint density at radius 2 is 2.16 bits per heavy atom. The number of carboxylic acid groups (broad SMARTS) is 1. The number of para-hydroxylation sites is 1. The number of ether oxygens (including phenoxy) is 1. The highest BCUT2D eigenvalue weighted by Crippen LogP contribution is 2.59. The first-order chi connectivity index (χ1) is 15.3. The molecule has 3 aliphatic heterocycles. The van der Waals surface area contributed by atoms with Gasteiger partial charge in [-0.2, -0.15) is 0 Å². The van der Waals surface area contributed by atoms with Crippen molar-refractivity contribution in [1.29, 1.82) is 0 Å². The van der Waals surface area contributed by atoms with Crippen LogP contribution in [0.25, 0.3) is 0 Å². The second kappa shape index (κ2) is 8.50. The van der Waals surface area contributed by atoms with Gasteiger partial charge in [0.1, 0.15) is 11.6 Å². The van der Waals surface area contributed by atoms with Gasteiger partial charge in [0, 0.05) is 6.54 Å². The van der Waals surface area contributed by atoms with Crippen LogP contribution in [0, 0.1) is 11.8 Å². The normalized spacial score (nSPS) is 31.5. The number of aliphatic hydroxyl groups is 1. The summed E-state index contributed by atoms with van der Waals surface area (Å²) in [5.41, 5.74) is -0.781. The topological polar surface area (TPSA) is 107 Å². The van der Waals surface area contributed by atoms with E-state index in [0.29, 0.717) is 30.0 Å². The van der Waals surface area contributed by atoms with Gasteiger partial charge in [0.15, 0.2) is 0 Å². The van der Waals surface area contributed by atoms with Crippen LogP contribution in [0.2, 0.25) is 5.02 Å². The third-order valence-corrected chi connectivity index (χ3v) is 7.37. The smallest absolute Gasteiger partial charge is 0.310 e. The maximum atomic E-state index is 14.1. The van der Waals surface area contributed by atoms with E-state index in [1.165, 1.54) is 9.80 Å². The number of anilines is 1. The van der Waals surface area contributed by atoms with Crippen molar-refractivity contribution in [3.05, 3.63) is 41.9 Å². The largest absolute Gasteiger partial charge is 0.481 e. The average molecular weight is 463 g/mol. The zero-order valence-electron chi connectivity index (χ0n) is 17.8. The van der Waals surface area contributed by atoms with Crippen molar-refractivity contribution in [2.24, 2.45) is 11.8 Å². The lowest BCUT2D eigenvalue weighted by Crippen LogP contribution is -2.59. The number of aliphatic hydroxyl groups excluding tert-OH is 1. The molecule has 3 heterocycles. The van der Waals surface area contributed by atoms with Gasteiger partial charge in [0.25, 0.3) is 5.91 Å². The van der Waals surface area contributed by atoms with Crippen molar-refractivity contribution in [3.63, 3.8) is 0 Å². The Bertz CT molecular complexity index is 950. The summed E-state index contributed by atoms with van der Waals surface area (Å²) < 4.78 is 6.19. The highest BCUT2D eigenvalue weighted by Gasteiger charge is 2.75. The first-order valence-electron chi connectivity index (χ1n) is 10.8. The molecule has 1 spiro atoms. The average Bonchev–Trinajstić information content (AvgIpc) is 3.41. The second-order valence-electron chi connectivity index (χ2n) is 8.57. The molecule has 0 unspecified atom stereocenters. The van der Waals surface area contributed by atoms with Gasteiger partial charge >= 0.3 is 5.97 Å². The number of nitrogens with zero attached hydrogens (tertiary/aromatic N) is 2. The van der Waals surface area contributed by atoms with Gasteiger partial charge in [-0.1, -0.05) is 36.7 Å². The molecule has 1 aromatic rings. The summed E-state index contributed by atoms with van der Waals surface area (Å²) in [6.07, 6.45) is 2.22. The molecular formula is C23H27ClN2O6. The zero-order valence-corrected chi connectivity index (χ0v) is 18.6. The molecule has 2 N–H and O–H groups in total. The van der Waals surface area contributed by atoms with Crippen LogP contribution in [0.5, 0.6) is 0 Å². The number of aliphatic carboxylic acids is 1. The highest BCUT2D eigenvalue weighted by atomic mass is 35.5. The standard InChI is InChI=1S/C23H27ClN2O6/c1-3-11-25(15-8-6-5-7-14(15)24)21(29)19-23-10-9-16(32-23)17(22(30)31)18(23)20(28)26(19)13(4-2)12-27/h3,5-8,13,16-19,27H,1,4,9-12H2,2H3,(H,30,31)/t13-,16+,17-,18-,19+,23-/m0/s1. The summed E-state index contributed by atoms with van der Waals surface area (Å²) in [4.78, 5) is 42.6. The number of carbonyl (C=O) groups excluding carboxylic acids is 2. The number of likely N-dealkylation sites (tertiary alicyclic amines) is 1. The lowest BCUT2D eigenvalue weighted by atomic mass is 9.70. The van der Waals surface area contributed by atoms with E-state index in [4.69, 9.17) is 16.3 Å². The molecule has 6 atom stereocenters. The Morgan fingerprint density at radius 3 is 2.75 bits per heavy atom. The minimum atomic E-state index is -1.24. The molecule has 0 saturated carbocycles. The summed E-state index contributed by atoms with van der Waals surface area (Å²) in [7, 11) is 0. The molecule has 8 nitrogen and oxygen atoms in total. The van der Waals surface area contributed by atoms with Crippen molar-refractivity contribution in [2.45, 2.75) is 50.0 Å². The molecular weight excluding hydrogens is 436 g/mol. The summed E-state index contributed by atoms with van der Waals surface area (Å²) in [6.45, 7) is 5.36. The molecule has 0 aliphatic carbocycles. The van der Waals surface area contributed by atoms with Crippen molar-refractivity contribution >= 4 is 35.1 Å². The summed E-state index contributed by atoms with van der Waals surface area (Å²) in [5.74, 6) is -3.95. The molecule has 172 valence electrons. The van der Waals surface area contributed by atoms with E-state index < -0.39 is 53.4 Å². The minimum absolute atomic E-state index is 0.142. The predicted octanol–water partition coefficient (Wildman–Crippen LogP) is 2.09. The van der Waals surface area contributed by atoms with Gasteiger partial charge in [-0.3, -0.25) is 14.4 Å². The number of amides is 2. The number of hydrogen-bond acceptors (Lipinski definition) is 5. The van der Waals surface area contributed by atoms with Gasteiger partial charge < -0.3 is 24.7 Å². The van der Waals surface area contributed by atoms with E-state index in [1.807, 2.05) is 6.92 Å². The zero-order chi connectivity index (χ0) is 23.2. The van der Waals surface area contributed by atoms with Crippen molar-refractivity contribution in [2.75, 3.05) is 18.1 Å². The molecule has 1 aromatic carbocycles. The van der Waals surface area contributed by atoms with Gasteiger partial charge in [-0.15, -0.1) is 6.58 Å². The molecule has 32 heavy (non-hydrogen) atoms. The molecule has 3 fully saturated rings. The van der Waals surface area contributed by atoms with Crippen LogP contribution < -0.4 is 4.90 Å². The second-order valence-corrected chi connectivity index (χ2v) is 8.98. The van der Waals surface area contributed by atoms with Crippen LogP contribution >= 0.6 is 11.6 Å². The Hall–Kier alpha value is -2.42. The van der Waals surface area contributed by atoms with Crippen LogP contribution in [-0.4, -0.2) is 69.8 Å². The Morgan fingerprint density at radius 1 is 1.44 bits per heavy atom. The molecule has 0 radical (unpaired) electrons. The molecule has 3 saturated heterocycles. The Labute approximate surface area is 191 Å². The van der Waals surface area contributed by atoms with E-state index in [1.54, 1.807) is 30.3 Å². The summed E-state index contributed by atoms with van der Waals surface area (Å²) in [5, 5.41) is 20.2. The number of halogens is 1. The molecule has 2 amide bonds. The van der Waals surface area contributed by atoms with Gasteiger partial charge in [-0.05, 0) is 31.4 Å².